The number of aliphatic hydroxyl groups is 1. The second-order valence-electron chi connectivity index (χ2n) is 3.24. The van der Waals surface area contributed by atoms with Gasteiger partial charge in [-0.3, -0.25) is 0 Å². The van der Waals surface area contributed by atoms with E-state index in [-0.39, 0.29) is 6.61 Å². The number of rotatable bonds is 5. The standard InChI is InChI=1S/C11H17NO2/c1-9-3-4-11(10(7-9)8-13)12-5-6-14-2/h3-4,7,12-13H,5-6,8H2,1-2H3. The normalized spacial score (nSPS) is 10.2. The number of ether oxygens (including phenoxy) is 1. The molecule has 0 unspecified atom stereocenters. The second-order valence-corrected chi connectivity index (χ2v) is 3.24. The lowest BCUT2D eigenvalue weighted by Gasteiger charge is -2.10. The number of aliphatic hydroxyl groups excluding tert-OH is 1. The van der Waals surface area contributed by atoms with Crippen molar-refractivity contribution < 1.29 is 9.84 Å². The largest absolute Gasteiger partial charge is 0.392 e. The highest BCUT2D eigenvalue weighted by molar-refractivity contribution is 5.52. The molecule has 1 rings (SSSR count). The van der Waals surface area contributed by atoms with Crippen molar-refractivity contribution in [2.75, 3.05) is 25.6 Å². The molecule has 14 heavy (non-hydrogen) atoms. The molecule has 0 radical (unpaired) electrons. The molecule has 0 aromatic heterocycles. The molecule has 2 N–H and O–H groups in total. The van der Waals surface area contributed by atoms with Crippen molar-refractivity contribution in [2.24, 2.45) is 0 Å². The van der Waals surface area contributed by atoms with Gasteiger partial charge in [-0.1, -0.05) is 17.7 Å². The zero-order valence-corrected chi connectivity index (χ0v) is 8.71. The molecule has 0 amide bonds. The first-order valence-electron chi connectivity index (χ1n) is 4.71. The Hall–Kier alpha value is -1.06. The van der Waals surface area contributed by atoms with Crippen molar-refractivity contribution >= 4 is 5.69 Å². The summed E-state index contributed by atoms with van der Waals surface area (Å²) >= 11 is 0. The number of benzene rings is 1. The zero-order chi connectivity index (χ0) is 10.4. The van der Waals surface area contributed by atoms with E-state index >= 15 is 0 Å². The zero-order valence-electron chi connectivity index (χ0n) is 8.71. The summed E-state index contributed by atoms with van der Waals surface area (Å²) in [6.07, 6.45) is 0. The van der Waals surface area contributed by atoms with Gasteiger partial charge in [0, 0.05) is 24.9 Å². The minimum absolute atomic E-state index is 0.0665. The van der Waals surface area contributed by atoms with Crippen molar-refractivity contribution in [1.82, 2.24) is 0 Å². The molecule has 0 aliphatic rings. The summed E-state index contributed by atoms with van der Waals surface area (Å²) in [7, 11) is 1.67. The van der Waals surface area contributed by atoms with Gasteiger partial charge in [0.15, 0.2) is 0 Å². The van der Waals surface area contributed by atoms with E-state index in [0.717, 1.165) is 23.4 Å². The van der Waals surface area contributed by atoms with Crippen LogP contribution in [0.1, 0.15) is 11.1 Å². The van der Waals surface area contributed by atoms with E-state index in [1.807, 2.05) is 25.1 Å². The smallest absolute Gasteiger partial charge is 0.0702 e. The molecule has 3 heteroatoms. The molecule has 0 saturated heterocycles. The van der Waals surface area contributed by atoms with Gasteiger partial charge in [-0.15, -0.1) is 0 Å². The lowest BCUT2D eigenvalue weighted by Crippen LogP contribution is -2.09. The van der Waals surface area contributed by atoms with Gasteiger partial charge in [0.1, 0.15) is 0 Å². The van der Waals surface area contributed by atoms with E-state index in [1.54, 1.807) is 7.11 Å². The van der Waals surface area contributed by atoms with Gasteiger partial charge >= 0.3 is 0 Å². The third-order valence-electron chi connectivity index (χ3n) is 2.05. The Morgan fingerprint density at radius 2 is 2.21 bits per heavy atom. The first kappa shape index (κ1) is 11.0. The predicted molar refractivity (Wildman–Crippen MR) is 57.5 cm³/mol. The molecule has 1 aromatic rings. The molecule has 0 atom stereocenters. The lowest BCUT2D eigenvalue weighted by atomic mass is 10.1. The Bertz CT molecular complexity index is 287. The van der Waals surface area contributed by atoms with Crippen LogP contribution in [-0.4, -0.2) is 25.4 Å². The fourth-order valence-corrected chi connectivity index (χ4v) is 1.31. The first-order valence-corrected chi connectivity index (χ1v) is 4.71. The molecule has 3 nitrogen and oxygen atoms in total. The minimum atomic E-state index is 0.0665. The van der Waals surface area contributed by atoms with Crippen molar-refractivity contribution in [3.05, 3.63) is 29.3 Å². The third-order valence-corrected chi connectivity index (χ3v) is 2.05. The summed E-state index contributed by atoms with van der Waals surface area (Å²) in [6, 6.07) is 5.99. The van der Waals surface area contributed by atoms with E-state index in [2.05, 4.69) is 5.32 Å². The van der Waals surface area contributed by atoms with Crippen LogP contribution < -0.4 is 5.32 Å². The molecule has 0 fully saturated rings. The summed E-state index contributed by atoms with van der Waals surface area (Å²) in [6.45, 7) is 3.50. The average Bonchev–Trinajstić information content (AvgIpc) is 2.20. The molecule has 0 aliphatic heterocycles. The van der Waals surface area contributed by atoms with Crippen LogP contribution in [0.5, 0.6) is 0 Å². The van der Waals surface area contributed by atoms with Gasteiger partial charge in [0.2, 0.25) is 0 Å². The highest BCUT2D eigenvalue weighted by Gasteiger charge is 2.00. The predicted octanol–water partition coefficient (Wildman–Crippen LogP) is 1.55. The molecule has 0 spiro atoms. The molecule has 78 valence electrons. The van der Waals surface area contributed by atoms with Gasteiger partial charge in [0.05, 0.1) is 13.2 Å². The van der Waals surface area contributed by atoms with E-state index < -0.39 is 0 Å². The Morgan fingerprint density at radius 1 is 1.43 bits per heavy atom. The van der Waals surface area contributed by atoms with Crippen molar-refractivity contribution in [1.29, 1.82) is 0 Å². The molecular formula is C11H17NO2. The monoisotopic (exact) mass is 195 g/mol. The maximum Gasteiger partial charge on any atom is 0.0702 e. The Balaban J connectivity index is 2.65. The van der Waals surface area contributed by atoms with Crippen molar-refractivity contribution in [2.45, 2.75) is 13.5 Å². The summed E-state index contributed by atoms with van der Waals surface area (Å²) in [5.41, 5.74) is 3.07. The summed E-state index contributed by atoms with van der Waals surface area (Å²) < 4.78 is 4.94. The highest BCUT2D eigenvalue weighted by atomic mass is 16.5. The van der Waals surface area contributed by atoms with Crippen LogP contribution in [-0.2, 0) is 11.3 Å². The molecule has 0 aliphatic carbocycles. The number of anilines is 1. The third kappa shape index (κ3) is 3.01. The fourth-order valence-electron chi connectivity index (χ4n) is 1.31. The SMILES string of the molecule is COCCNc1ccc(C)cc1CO. The topological polar surface area (TPSA) is 41.5 Å². The van der Waals surface area contributed by atoms with E-state index in [4.69, 9.17) is 9.84 Å². The summed E-state index contributed by atoms with van der Waals surface area (Å²) in [5, 5.41) is 12.3. The quantitative estimate of drug-likeness (QED) is 0.700. The van der Waals surface area contributed by atoms with Crippen molar-refractivity contribution in [3.63, 3.8) is 0 Å². The number of hydrogen-bond acceptors (Lipinski definition) is 3. The van der Waals surface area contributed by atoms with Gasteiger partial charge in [-0.25, -0.2) is 0 Å². The molecule has 0 bridgehead atoms. The lowest BCUT2D eigenvalue weighted by molar-refractivity contribution is 0.210. The number of nitrogens with one attached hydrogen (secondary N) is 1. The van der Waals surface area contributed by atoms with Crippen LogP contribution in [0.4, 0.5) is 5.69 Å². The molecule has 0 heterocycles. The van der Waals surface area contributed by atoms with Crippen LogP contribution in [0.15, 0.2) is 18.2 Å². The maximum atomic E-state index is 9.13. The van der Waals surface area contributed by atoms with Gasteiger partial charge < -0.3 is 15.2 Å². The van der Waals surface area contributed by atoms with E-state index in [9.17, 15) is 0 Å². The number of hydrogen-bond donors (Lipinski definition) is 2. The Morgan fingerprint density at radius 3 is 2.86 bits per heavy atom. The highest BCUT2D eigenvalue weighted by Crippen LogP contribution is 2.16. The van der Waals surface area contributed by atoms with Crippen molar-refractivity contribution in [3.8, 4) is 0 Å². The minimum Gasteiger partial charge on any atom is -0.392 e. The summed E-state index contributed by atoms with van der Waals surface area (Å²) in [4.78, 5) is 0. The maximum absolute atomic E-state index is 9.13. The average molecular weight is 195 g/mol. The van der Waals surface area contributed by atoms with Crippen LogP contribution in [0.25, 0.3) is 0 Å². The fraction of sp³-hybridized carbons (Fsp3) is 0.455. The Labute approximate surface area is 84.7 Å². The number of aryl methyl sites for hydroxylation is 1. The molecular weight excluding hydrogens is 178 g/mol. The van der Waals surface area contributed by atoms with Crippen LogP contribution in [0.2, 0.25) is 0 Å². The van der Waals surface area contributed by atoms with E-state index in [0.29, 0.717) is 6.61 Å². The van der Waals surface area contributed by atoms with Crippen LogP contribution >= 0.6 is 0 Å². The molecule has 1 aromatic carbocycles. The van der Waals surface area contributed by atoms with Gasteiger partial charge in [-0.2, -0.15) is 0 Å². The molecule has 0 saturated carbocycles. The van der Waals surface area contributed by atoms with Gasteiger partial charge in [-0.05, 0) is 13.0 Å². The number of methoxy groups -OCH3 is 1. The van der Waals surface area contributed by atoms with Gasteiger partial charge in [0.25, 0.3) is 0 Å². The van der Waals surface area contributed by atoms with Crippen LogP contribution in [0, 0.1) is 6.92 Å². The Kier molecular flexibility index (Phi) is 4.43. The van der Waals surface area contributed by atoms with Crippen LogP contribution in [0.3, 0.4) is 0 Å². The van der Waals surface area contributed by atoms with E-state index in [1.165, 1.54) is 0 Å². The summed E-state index contributed by atoms with van der Waals surface area (Å²) in [5.74, 6) is 0. The first-order chi connectivity index (χ1) is 6.77. The second kappa shape index (κ2) is 5.62.